The summed E-state index contributed by atoms with van der Waals surface area (Å²) in [5.41, 5.74) is 1.19. The quantitative estimate of drug-likeness (QED) is 0.679. The van der Waals surface area contributed by atoms with Gasteiger partial charge in [-0.2, -0.15) is 0 Å². The zero-order valence-corrected chi connectivity index (χ0v) is 18.2. The van der Waals surface area contributed by atoms with E-state index in [1.54, 1.807) is 36.4 Å². The zero-order chi connectivity index (χ0) is 22.0. The number of hydrogen-bond donors (Lipinski definition) is 2. The van der Waals surface area contributed by atoms with Crippen LogP contribution in [0.2, 0.25) is 0 Å². The van der Waals surface area contributed by atoms with Crippen LogP contribution in [0.3, 0.4) is 0 Å². The Morgan fingerprint density at radius 2 is 1.87 bits per heavy atom. The Bertz CT molecular complexity index is 1030. The van der Waals surface area contributed by atoms with E-state index in [0.717, 1.165) is 10.0 Å². The number of aromatic hydroxyl groups is 1. The van der Waals surface area contributed by atoms with Gasteiger partial charge in [0.25, 0.3) is 5.91 Å². The molecule has 0 spiro atoms. The smallest absolute Gasteiger partial charge is 0.251 e. The number of amides is 2. The van der Waals surface area contributed by atoms with E-state index in [-0.39, 0.29) is 36.4 Å². The summed E-state index contributed by atoms with van der Waals surface area (Å²) in [5, 5.41) is 12.4. The lowest BCUT2D eigenvalue weighted by Gasteiger charge is -2.33. The molecule has 2 aromatic rings. The van der Waals surface area contributed by atoms with Crippen molar-refractivity contribution in [2.75, 3.05) is 13.2 Å². The average molecular weight is 485 g/mol. The molecule has 0 radical (unpaired) electrons. The van der Waals surface area contributed by atoms with E-state index >= 15 is 0 Å². The highest BCUT2D eigenvalue weighted by atomic mass is 79.9. The van der Waals surface area contributed by atoms with Gasteiger partial charge in [0.05, 0.1) is 0 Å². The second-order valence-corrected chi connectivity index (χ2v) is 8.40. The fourth-order valence-electron chi connectivity index (χ4n) is 3.79. The number of carbonyl (C=O) groups is 3. The lowest BCUT2D eigenvalue weighted by atomic mass is 10.00. The van der Waals surface area contributed by atoms with Crippen LogP contribution >= 0.6 is 15.9 Å². The Morgan fingerprint density at radius 1 is 1.16 bits per heavy atom. The van der Waals surface area contributed by atoms with E-state index in [1.165, 1.54) is 17.0 Å². The molecule has 4 rings (SSSR count). The topological polar surface area (TPSA) is 95.9 Å². The van der Waals surface area contributed by atoms with Gasteiger partial charge in [-0.25, -0.2) is 0 Å². The fourth-order valence-corrected chi connectivity index (χ4v) is 4.06. The number of fused-ring (bicyclic) bond motifs is 1. The fraction of sp³-hybridized carbons (Fsp3) is 0.261. The summed E-state index contributed by atoms with van der Waals surface area (Å²) in [6.45, 7) is 0.330. The minimum Gasteiger partial charge on any atom is -0.508 e. The molecule has 31 heavy (non-hydrogen) atoms. The number of nitrogens with one attached hydrogen (secondary N) is 1. The van der Waals surface area contributed by atoms with Gasteiger partial charge in [0.15, 0.2) is 11.8 Å². The lowest BCUT2D eigenvalue weighted by molar-refractivity contribution is -0.139. The predicted octanol–water partition coefficient (Wildman–Crippen LogP) is 2.58. The maximum absolute atomic E-state index is 13.5. The van der Waals surface area contributed by atoms with E-state index in [2.05, 4.69) is 21.2 Å². The maximum atomic E-state index is 13.5. The first-order valence-electron chi connectivity index (χ1n) is 9.93. The number of hydrogen-bond acceptors (Lipinski definition) is 5. The summed E-state index contributed by atoms with van der Waals surface area (Å²) >= 11 is 3.34. The lowest BCUT2D eigenvalue weighted by Crippen LogP contribution is -2.55. The molecule has 2 amide bonds. The van der Waals surface area contributed by atoms with Gasteiger partial charge in [-0.3, -0.25) is 14.4 Å². The first-order chi connectivity index (χ1) is 14.9. The second kappa shape index (κ2) is 8.93. The number of nitrogens with zero attached hydrogens (tertiary/aromatic N) is 1. The van der Waals surface area contributed by atoms with Gasteiger partial charge in [0.1, 0.15) is 24.2 Å². The third-order valence-corrected chi connectivity index (χ3v) is 5.88. The zero-order valence-electron chi connectivity index (χ0n) is 16.6. The SMILES string of the molecule is O=C(NC(Cc1ccc(O)cc1)C(=O)N1CCC=C2OCC(=O)C21)c1ccc(Br)cc1. The molecule has 0 aromatic heterocycles. The summed E-state index contributed by atoms with van der Waals surface area (Å²) < 4.78 is 6.26. The Kier molecular flexibility index (Phi) is 6.08. The summed E-state index contributed by atoms with van der Waals surface area (Å²) in [5.74, 6) is -0.265. The Labute approximate surface area is 187 Å². The number of Topliss-reactive ketones (excluding diaryl/α,β-unsaturated/α-hetero) is 1. The molecule has 2 aromatic carbocycles. The molecule has 2 heterocycles. The van der Waals surface area contributed by atoms with Crippen LogP contribution < -0.4 is 5.32 Å². The van der Waals surface area contributed by atoms with E-state index in [0.29, 0.717) is 24.3 Å². The standard InChI is InChI=1S/C23H21BrN2O5/c24-16-7-5-15(6-8-16)22(29)25-18(12-14-3-9-17(27)10-4-14)23(30)26-11-1-2-20-21(26)19(28)13-31-20/h2-10,18,21,27H,1,11-13H2,(H,25,29). The normalized spacial score (nSPS) is 18.6. The molecule has 1 saturated heterocycles. The Balaban J connectivity index is 1.59. The molecule has 2 atom stereocenters. The van der Waals surface area contributed by atoms with Gasteiger partial charge >= 0.3 is 0 Å². The molecule has 2 aliphatic rings. The molecule has 160 valence electrons. The maximum Gasteiger partial charge on any atom is 0.251 e. The van der Waals surface area contributed by atoms with Gasteiger partial charge < -0.3 is 20.1 Å². The minimum atomic E-state index is -0.881. The van der Waals surface area contributed by atoms with Crippen LogP contribution in [0.1, 0.15) is 22.3 Å². The number of carbonyl (C=O) groups excluding carboxylic acids is 3. The first-order valence-corrected chi connectivity index (χ1v) is 10.7. The highest BCUT2D eigenvalue weighted by Gasteiger charge is 2.42. The molecule has 2 aliphatic heterocycles. The monoisotopic (exact) mass is 484 g/mol. The van der Waals surface area contributed by atoms with Crippen LogP contribution in [0, 0.1) is 0 Å². The molecule has 0 aliphatic carbocycles. The van der Waals surface area contributed by atoms with Gasteiger partial charge in [-0.05, 0) is 54.5 Å². The minimum absolute atomic E-state index is 0.0475. The van der Waals surface area contributed by atoms with E-state index in [1.807, 2.05) is 6.08 Å². The molecule has 2 N–H and O–H groups in total. The molecular weight excluding hydrogens is 464 g/mol. The summed E-state index contributed by atoms with van der Waals surface area (Å²) in [6, 6.07) is 11.7. The highest BCUT2D eigenvalue weighted by Crippen LogP contribution is 2.26. The van der Waals surface area contributed by atoms with Crippen molar-refractivity contribution in [1.29, 1.82) is 0 Å². The van der Waals surface area contributed by atoms with Crippen molar-refractivity contribution in [1.82, 2.24) is 10.2 Å². The van der Waals surface area contributed by atoms with Crippen LogP contribution in [0.25, 0.3) is 0 Å². The number of ketones is 1. The van der Waals surface area contributed by atoms with E-state index in [9.17, 15) is 19.5 Å². The number of benzene rings is 2. The van der Waals surface area contributed by atoms with Crippen LogP contribution in [0.4, 0.5) is 0 Å². The number of ether oxygens (including phenoxy) is 1. The van der Waals surface area contributed by atoms with Gasteiger partial charge in [-0.1, -0.05) is 28.1 Å². The molecule has 7 nitrogen and oxygen atoms in total. The summed E-state index contributed by atoms with van der Waals surface area (Å²) in [4.78, 5) is 40.2. The van der Waals surface area contributed by atoms with E-state index < -0.39 is 12.1 Å². The first kappa shape index (κ1) is 21.1. The molecular formula is C23H21BrN2O5. The largest absolute Gasteiger partial charge is 0.508 e. The van der Waals surface area contributed by atoms with Crippen LogP contribution in [0.5, 0.6) is 5.75 Å². The van der Waals surface area contributed by atoms with Crippen molar-refractivity contribution in [3.8, 4) is 5.75 Å². The molecule has 1 fully saturated rings. The molecule has 0 saturated carbocycles. The number of phenolic OH excluding ortho intramolecular Hbond substituents is 1. The average Bonchev–Trinajstić information content (AvgIpc) is 3.16. The highest BCUT2D eigenvalue weighted by molar-refractivity contribution is 9.10. The third kappa shape index (κ3) is 4.64. The van der Waals surface area contributed by atoms with E-state index in [4.69, 9.17) is 4.74 Å². The van der Waals surface area contributed by atoms with Crippen molar-refractivity contribution in [2.24, 2.45) is 0 Å². The van der Waals surface area contributed by atoms with Gasteiger partial charge in [-0.15, -0.1) is 0 Å². The van der Waals surface area contributed by atoms with Gasteiger partial charge in [0.2, 0.25) is 5.91 Å². The number of halogens is 1. The number of rotatable bonds is 5. The van der Waals surface area contributed by atoms with Crippen molar-refractivity contribution >= 4 is 33.5 Å². The summed E-state index contributed by atoms with van der Waals surface area (Å²) in [6.07, 6.45) is 2.64. The van der Waals surface area contributed by atoms with Crippen molar-refractivity contribution in [3.05, 3.63) is 76.0 Å². The van der Waals surface area contributed by atoms with Crippen molar-refractivity contribution < 1.29 is 24.2 Å². The van der Waals surface area contributed by atoms with Gasteiger partial charge in [0, 0.05) is 23.0 Å². The van der Waals surface area contributed by atoms with Crippen LogP contribution in [-0.4, -0.2) is 52.8 Å². The van der Waals surface area contributed by atoms with Crippen molar-refractivity contribution in [2.45, 2.75) is 24.9 Å². The molecule has 0 bridgehead atoms. The second-order valence-electron chi connectivity index (χ2n) is 7.49. The number of phenols is 1. The van der Waals surface area contributed by atoms with Crippen LogP contribution in [0.15, 0.2) is 64.8 Å². The molecule has 8 heteroatoms. The Hall–Kier alpha value is -3.13. The molecule has 2 unspecified atom stereocenters. The van der Waals surface area contributed by atoms with Crippen LogP contribution in [-0.2, 0) is 20.7 Å². The Morgan fingerprint density at radius 3 is 2.58 bits per heavy atom. The van der Waals surface area contributed by atoms with Crippen molar-refractivity contribution in [3.63, 3.8) is 0 Å². The predicted molar refractivity (Wildman–Crippen MR) is 116 cm³/mol. The third-order valence-electron chi connectivity index (χ3n) is 5.35. The summed E-state index contributed by atoms with van der Waals surface area (Å²) in [7, 11) is 0.